The second-order valence-corrected chi connectivity index (χ2v) is 10.1. The fourth-order valence-electron chi connectivity index (χ4n) is 5.13. The molecule has 4 rings (SSSR count). The fourth-order valence-corrected chi connectivity index (χ4v) is 5.13. The van der Waals surface area contributed by atoms with Crippen LogP contribution < -0.4 is 0 Å². The van der Waals surface area contributed by atoms with Gasteiger partial charge in [0.2, 0.25) is 11.6 Å². The number of carbonyl (C=O) groups is 1. The van der Waals surface area contributed by atoms with Gasteiger partial charge in [-0.3, -0.25) is 4.90 Å². The molecule has 0 unspecified atom stereocenters. The zero-order valence-corrected chi connectivity index (χ0v) is 18.2. The van der Waals surface area contributed by atoms with Gasteiger partial charge in [0, 0.05) is 20.1 Å². The number of methoxy groups -OCH3 is 2. The van der Waals surface area contributed by atoms with Crippen LogP contribution in [0.3, 0.4) is 0 Å². The Morgan fingerprint density at radius 1 is 1.04 bits per heavy atom. The molecule has 4 aliphatic rings. The van der Waals surface area contributed by atoms with E-state index in [0.29, 0.717) is 12.5 Å². The highest BCUT2D eigenvalue weighted by Crippen LogP contribution is 2.62. The maximum atomic E-state index is 13.1. The number of piperidine rings is 1. The largest absolute Gasteiger partial charge is 0.444 e. The number of hydrogen-bond acceptors (Lipinski definition) is 6. The highest BCUT2D eigenvalue weighted by molar-refractivity contribution is 5.70. The van der Waals surface area contributed by atoms with E-state index < -0.39 is 17.2 Å². The van der Waals surface area contributed by atoms with E-state index in [0.717, 1.165) is 12.8 Å². The summed E-state index contributed by atoms with van der Waals surface area (Å²) in [5.41, 5.74) is -0.706. The van der Waals surface area contributed by atoms with E-state index in [4.69, 9.17) is 23.7 Å². The van der Waals surface area contributed by atoms with Gasteiger partial charge in [0.15, 0.2) is 0 Å². The molecule has 5 atom stereocenters. The number of carbonyl (C=O) groups excluding carboxylic acids is 1. The summed E-state index contributed by atoms with van der Waals surface area (Å²) < 4.78 is 30.2. The summed E-state index contributed by atoms with van der Waals surface area (Å²) >= 11 is 0. The van der Waals surface area contributed by atoms with Crippen molar-refractivity contribution in [3.63, 3.8) is 0 Å². The molecule has 1 amide bonds. The lowest BCUT2D eigenvalue weighted by Crippen LogP contribution is -2.73. The first-order valence-electron chi connectivity index (χ1n) is 10.5. The molecule has 2 saturated heterocycles. The van der Waals surface area contributed by atoms with Crippen LogP contribution in [0.2, 0.25) is 0 Å². The molecular formula is C21H35NO6. The van der Waals surface area contributed by atoms with Crippen molar-refractivity contribution in [3.05, 3.63) is 0 Å². The Morgan fingerprint density at radius 3 is 2.07 bits per heavy atom. The van der Waals surface area contributed by atoms with Crippen molar-refractivity contribution < 1.29 is 28.5 Å². The van der Waals surface area contributed by atoms with Gasteiger partial charge in [0.1, 0.15) is 11.7 Å². The lowest BCUT2D eigenvalue weighted by atomic mass is 9.78. The molecule has 0 radical (unpaired) electrons. The number of rotatable bonds is 3. The van der Waals surface area contributed by atoms with Crippen LogP contribution in [0.25, 0.3) is 0 Å². The van der Waals surface area contributed by atoms with Crippen LogP contribution in [0, 0.1) is 11.8 Å². The maximum absolute atomic E-state index is 13.1. The lowest BCUT2D eigenvalue weighted by molar-refractivity contribution is -0.459. The van der Waals surface area contributed by atoms with E-state index in [1.54, 1.807) is 14.2 Å². The van der Waals surface area contributed by atoms with Gasteiger partial charge in [-0.05, 0) is 66.2 Å². The van der Waals surface area contributed by atoms with Gasteiger partial charge in [0.25, 0.3) is 0 Å². The predicted molar refractivity (Wildman–Crippen MR) is 102 cm³/mol. The van der Waals surface area contributed by atoms with Crippen molar-refractivity contribution in [1.29, 1.82) is 0 Å². The Bertz CT molecular complexity index is 639. The number of hydrogen-bond donors (Lipinski definition) is 0. The van der Waals surface area contributed by atoms with Crippen molar-refractivity contribution >= 4 is 6.09 Å². The molecule has 0 aromatic rings. The average molecular weight is 398 g/mol. The Balaban J connectivity index is 1.67. The third kappa shape index (κ3) is 3.06. The summed E-state index contributed by atoms with van der Waals surface area (Å²) in [7, 11) is 3.21. The summed E-state index contributed by atoms with van der Waals surface area (Å²) in [5, 5.41) is 0. The van der Waals surface area contributed by atoms with Crippen molar-refractivity contribution in [3.8, 4) is 0 Å². The Labute approximate surface area is 168 Å². The quantitative estimate of drug-likeness (QED) is 0.728. The molecule has 0 N–H and O–H groups in total. The van der Waals surface area contributed by atoms with Crippen molar-refractivity contribution in [2.75, 3.05) is 20.8 Å². The zero-order valence-electron chi connectivity index (χ0n) is 18.2. The van der Waals surface area contributed by atoms with Crippen LogP contribution in [0.5, 0.6) is 0 Å². The molecule has 7 nitrogen and oxygen atoms in total. The minimum atomic E-state index is -1.06. The van der Waals surface area contributed by atoms with Crippen LogP contribution in [0.15, 0.2) is 0 Å². The summed E-state index contributed by atoms with van der Waals surface area (Å²) in [4.78, 5) is 15.0. The molecule has 2 saturated carbocycles. The molecule has 4 fully saturated rings. The molecule has 28 heavy (non-hydrogen) atoms. The molecule has 160 valence electrons. The lowest BCUT2D eigenvalue weighted by Gasteiger charge is -2.58. The SMILES string of the molecule is CO[C@@]1(C)O[C@@H]2[C@@H](C3CC3)C3(CC3)N(C(=O)OC(C)(C)C)C[C@H]2O[C@]1(C)OC. The average Bonchev–Trinajstić information content (AvgIpc) is 3.51. The first-order chi connectivity index (χ1) is 13.0. The molecular weight excluding hydrogens is 362 g/mol. The van der Waals surface area contributed by atoms with E-state index in [1.165, 1.54) is 12.8 Å². The van der Waals surface area contributed by atoms with E-state index >= 15 is 0 Å². The topological polar surface area (TPSA) is 66.5 Å². The van der Waals surface area contributed by atoms with Crippen LogP contribution in [-0.4, -0.2) is 66.7 Å². The van der Waals surface area contributed by atoms with Gasteiger partial charge >= 0.3 is 6.09 Å². The van der Waals surface area contributed by atoms with Gasteiger partial charge in [-0.25, -0.2) is 4.79 Å². The first-order valence-corrected chi connectivity index (χ1v) is 10.5. The van der Waals surface area contributed by atoms with Crippen LogP contribution >= 0.6 is 0 Å². The first kappa shape index (κ1) is 20.4. The minimum absolute atomic E-state index is 0.123. The van der Waals surface area contributed by atoms with Crippen molar-refractivity contribution in [2.45, 2.75) is 95.2 Å². The summed E-state index contributed by atoms with van der Waals surface area (Å²) in [6.45, 7) is 9.86. The highest BCUT2D eigenvalue weighted by Gasteiger charge is 2.70. The van der Waals surface area contributed by atoms with Gasteiger partial charge < -0.3 is 23.7 Å². The standard InChI is InChI=1S/C21H35NO6/c1-18(2,3)28-17(23)22-12-14-16(15(13-8-9-13)21(22)10-11-21)27-20(5,25-7)19(4,24-6)26-14/h13-16H,8-12H2,1-7H3/t14-,15-,16+,19+,20+/m1/s1. The Hall–Kier alpha value is -0.890. The highest BCUT2D eigenvalue weighted by atomic mass is 16.8. The maximum Gasteiger partial charge on any atom is 0.410 e. The molecule has 0 aromatic carbocycles. The summed E-state index contributed by atoms with van der Waals surface area (Å²) in [6.07, 6.45) is 3.67. The number of likely N-dealkylation sites (tertiary alicyclic amines) is 1. The van der Waals surface area contributed by atoms with E-state index in [2.05, 4.69) is 0 Å². The molecule has 2 aliphatic heterocycles. The molecule has 7 heteroatoms. The third-order valence-corrected chi connectivity index (χ3v) is 7.09. The Kier molecular flexibility index (Phi) is 4.59. The molecule has 1 spiro atoms. The summed E-state index contributed by atoms with van der Waals surface area (Å²) in [6, 6.07) is 0. The smallest absolute Gasteiger partial charge is 0.410 e. The second-order valence-electron chi connectivity index (χ2n) is 10.1. The van der Waals surface area contributed by atoms with Crippen LogP contribution in [-0.2, 0) is 23.7 Å². The van der Waals surface area contributed by atoms with Gasteiger partial charge in [-0.2, -0.15) is 0 Å². The zero-order chi connectivity index (χ0) is 20.5. The number of fused-ring (bicyclic) bond motifs is 1. The van der Waals surface area contributed by atoms with Gasteiger partial charge in [-0.15, -0.1) is 0 Å². The predicted octanol–water partition coefficient (Wildman–Crippen LogP) is 3.31. The Morgan fingerprint density at radius 2 is 1.61 bits per heavy atom. The summed E-state index contributed by atoms with van der Waals surface area (Å²) in [5.74, 6) is -1.29. The molecule has 2 aliphatic carbocycles. The number of nitrogens with zero attached hydrogens (tertiary/aromatic N) is 1. The molecule has 0 bridgehead atoms. The van der Waals surface area contributed by atoms with Crippen molar-refractivity contribution in [1.82, 2.24) is 4.90 Å². The van der Waals surface area contributed by atoms with Gasteiger partial charge in [-0.1, -0.05) is 0 Å². The molecule has 2 heterocycles. The minimum Gasteiger partial charge on any atom is -0.444 e. The van der Waals surface area contributed by atoms with E-state index in [1.807, 2.05) is 39.5 Å². The second kappa shape index (κ2) is 6.30. The van der Waals surface area contributed by atoms with E-state index in [-0.39, 0.29) is 29.8 Å². The third-order valence-electron chi connectivity index (χ3n) is 7.09. The number of amides is 1. The monoisotopic (exact) mass is 397 g/mol. The van der Waals surface area contributed by atoms with Crippen LogP contribution in [0.4, 0.5) is 4.79 Å². The molecule has 0 aromatic heterocycles. The fraction of sp³-hybridized carbons (Fsp3) is 0.952. The van der Waals surface area contributed by atoms with Crippen LogP contribution in [0.1, 0.15) is 60.3 Å². The van der Waals surface area contributed by atoms with Crippen molar-refractivity contribution in [2.24, 2.45) is 11.8 Å². The number of ether oxygens (including phenoxy) is 5. The van der Waals surface area contributed by atoms with E-state index in [9.17, 15) is 4.79 Å². The normalized spacial score (nSPS) is 42.2. The van der Waals surface area contributed by atoms with Gasteiger partial charge in [0.05, 0.1) is 18.2 Å².